The third-order valence-electron chi connectivity index (χ3n) is 6.60. The van der Waals surface area contributed by atoms with E-state index in [4.69, 9.17) is 9.47 Å². The fourth-order valence-corrected chi connectivity index (χ4v) is 5.44. The third-order valence-corrected chi connectivity index (χ3v) is 8.05. The molecule has 3 amide bonds. The van der Waals surface area contributed by atoms with E-state index in [1.54, 1.807) is 39.0 Å². The molecular formula is C35H43N3O7S. The van der Waals surface area contributed by atoms with E-state index in [2.05, 4.69) is 16.0 Å². The molecule has 0 aliphatic carbocycles. The Hall–Kier alpha value is -4.64. The number of hydrogen-bond donors (Lipinski definition) is 3. The second kappa shape index (κ2) is 17.7. The lowest BCUT2D eigenvalue weighted by Gasteiger charge is -2.22. The number of unbranched alkanes of at least 4 members (excludes halogenated alkanes) is 1. The van der Waals surface area contributed by atoms with Crippen LogP contribution in [-0.4, -0.2) is 50.7 Å². The lowest BCUT2D eigenvalue weighted by atomic mass is 10.0. The predicted molar refractivity (Wildman–Crippen MR) is 176 cm³/mol. The van der Waals surface area contributed by atoms with Crippen molar-refractivity contribution in [3.8, 4) is 0 Å². The lowest BCUT2D eigenvalue weighted by Crippen LogP contribution is -2.50. The predicted octanol–water partition coefficient (Wildman–Crippen LogP) is 5.69. The highest BCUT2D eigenvalue weighted by Crippen LogP contribution is 2.14. The molecule has 0 saturated carbocycles. The minimum atomic E-state index is -3.77. The number of benzene rings is 3. The summed E-state index contributed by atoms with van der Waals surface area (Å²) < 4.78 is 36.5. The Balaban J connectivity index is 1.71. The van der Waals surface area contributed by atoms with Crippen molar-refractivity contribution >= 4 is 27.9 Å². The quantitative estimate of drug-likeness (QED) is 0.180. The summed E-state index contributed by atoms with van der Waals surface area (Å²) in [6.07, 6.45) is 1.82. The molecule has 246 valence electrons. The van der Waals surface area contributed by atoms with Gasteiger partial charge in [0.15, 0.2) is 9.84 Å². The van der Waals surface area contributed by atoms with Crippen molar-refractivity contribution in [3.05, 3.63) is 114 Å². The molecule has 2 atom stereocenters. The number of carbonyl (C=O) groups is 3. The molecule has 0 saturated heterocycles. The molecule has 0 aromatic heterocycles. The maximum absolute atomic E-state index is 13.6. The maximum atomic E-state index is 13.6. The molecule has 46 heavy (non-hydrogen) atoms. The number of nitrogens with one attached hydrogen (secondary N) is 3. The highest BCUT2D eigenvalue weighted by atomic mass is 32.2. The van der Waals surface area contributed by atoms with Gasteiger partial charge in [0.05, 0.1) is 4.90 Å². The van der Waals surface area contributed by atoms with Gasteiger partial charge >= 0.3 is 12.2 Å². The van der Waals surface area contributed by atoms with Crippen LogP contribution in [0.2, 0.25) is 0 Å². The summed E-state index contributed by atoms with van der Waals surface area (Å²) in [6.45, 7) is 5.70. The van der Waals surface area contributed by atoms with Gasteiger partial charge < -0.3 is 25.4 Å². The van der Waals surface area contributed by atoms with Crippen LogP contribution in [0.15, 0.2) is 107 Å². The SMILES string of the molecule is CC(C)(C)OC(=O)NCCCC[C@@H](/C=C/S(=O)(=O)c1ccccc1)NC(=O)[C@H](Cc1ccccc1)NC(=O)OCc1ccccc1. The molecule has 0 heterocycles. The van der Waals surface area contributed by atoms with Crippen molar-refractivity contribution < 1.29 is 32.3 Å². The highest BCUT2D eigenvalue weighted by Gasteiger charge is 2.24. The molecule has 3 N–H and O–H groups in total. The first-order valence-corrected chi connectivity index (χ1v) is 16.7. The second-order valence-corrected chi connectivity index (χ2v) is 13.5. The van der Waals surface area contributed by atoms with Crippen LogP contribution in [0.25, 0.3) is 0 Å². The van der Waals surface area contributed by atoms with E-state index in [0.29, 0.717) is 25.8 Å². The van der Waals surface area contributed by atoms with Crippen molar-refractivity contribution in [2.75, 3.05) is 6.54 Å². The standard InChI is InChI=1S/C35H43N3O7S/c1-35(2,3)45-33(40)36-23-14-13-19-29(22-24-46(42,43)30-20-11-6-12-21-30)37-32(39)31(25-27-15-7-4-8-16-27)38-34(41)44-26-28-17-9-5-10-18-28/h4-12,15-18,20-22,24,29,31H,13-14,19,23,25-26H2,1-3H3,(H,36,40)(H,37,39)(H,38,41)/b24-22+/t29-,31-/m0/s1. The van der Waals surface area contributed by atoms with Crippen LogP contribution in [0, 0.1) is 0 Å². The first-order chi connectivity index (χ1) is 21.9. The monoisotopic (exact) mass is 649 g/mol. The van der Waals surface area contributed by atoms with Crippen molar-refractivity contribution in [1.82, 2.24) is 16.0 Å². The molecule has 3 rings (SSSR count). The number of sulfone groups is 1. The Bertz CT molecular complexity index is 1520. The smallest absolute Gasteiger partial charge is 0.408 e. The molecule has 0 aliphatic rings. The largest absolute Gasteiger partial charge is 0.445 e. The number of amides is 3. The summed E-state index contributed by atoms with van der Waals surface area (Å²) in [4.78, 5) is 38.5. The van der Waals surface area contributed by atoms with Crippen LogP contribution in [0.5, 0.6) is 0 Å². The molecule has 0 aliphatic heterocycles. The average Bonchev–Trinajstić information content (AvgIpc) is 3.02. The number of carbonyl (C=O) groups excluding carboxylic acids is 3. The van der Waals surface area contributed by atoms with Gasteiger partial charge in [-0.25, -0.2) is 18.0 Å². The Morgan fingerprint density at radius 3 is 1.98 bits per heavy atom. The van der Waals surface area contributed by atoms with Crippen molar-refractivity contribution in [1.29, 1.82) is 0 Å². The van der Waals surface area contributed by atoms with Crippen LogP contribution in [0.3, 0.4) is 0 Å². The molecule has 0 bridgehead atoms. The van der Waals surface area contributed by atoms with Crippen LogP contribution in [0.1, 0.15) is 51.2 Å². The molecule has 0 unspecified atom stereocenters. The Morgan fingerprint density at radius 2 is 1.37 bits per heavy atom. The lowest BCUT2D eigenvalue weighted by molar-refractivity contribution is -0.123. The van der Waals surface area contributed by atoms with E-state index in [-0.39, 0.29) is 17.9 Å². The zero-order valence-corrected chi connectivity index (χ0v) is 27.3. The van der Waals surface area contributed by atoms with Crippen molar-refractivity contribution in [2.24, 2.45) is 0 Å². The van der Waals surface area contributed by atoms with E-state index in [0.717, 1.165) is 16.5 Å². The second-order valence-electron chi connectivity index (χ2n) is 11.7. The highest BCUT2D eigenvalue weighted by molar-refractivity contribution is 7.94. The first kappa shape index (κ1) is 35.8. The average molecular weight is 650 g/mol. The number of hydrogen-bond acceptors (Lipinski definition) is 7. The Kier molecular flexibility index (Phi) is 13.8. The van der Waals surface area contributed by atoms with Gasteiger partial charge in [0.25, 0.3) is 0 Å². The Labute approximate surface area is 271 Å². The molecule has 0 radical (unpaired) electrons. The van der Waals surface area contributed by atoms with Crippen LogP contribution >= 0.6 is 0 Å². The van der Waals surface area contributed by atoms with Gasteiger partial charge in [0.2, 0.25) is 5.91 Å². The summed E-state index contributed by atoms with van der Waals surface area (Å²) in [7, 11) is -3.77. The van der Waals surface area contributed by atoms with Gasteiger partial charge in [-0.15, -0.1) is 0 Å². The fraction of sp³-hybridized carbons (Fsp3) is 0.343. The summed E-state index contributed by atoms with van der Waals surface area (Å²) >= 11 is 0. The van der Waals surface area contributed by atoms with Crippen LogP contribution < -0.4 is 16.0 Å². The minimum absolute atomic E-state index is 0.0341. The van der Waals surface area contributed by atoms with Crippen molar-refractivity contribution in [3.63, 3.8) is 0 Å². The van der Waals surface area contributed by atoms with Gasteiger partial charge in [-0.1, -0.05) is 84.9 Å². The first-order valence-electron chi connectivity index (χ1n) is 15.2. The molecule has 3 aromatic carbocycles. The minimum Gasteiger partial charge on any atom is -0.445 e. The molecule has 10 nitrogen and oxygen atoms in total. The molecular weight excluding hydrogens is 606 g/mol. The molecule has 0 fully saturated rings. The number of rotatable bonds is 15. The summed E-state index contributed by atoms with van der Waals surface area (Å²) in [6, 6.07) is 24.7. The van der Waals surface area contributed by atoms with Gasteiger partial charge in [-0.3, -0.25) is 4.79 Å². The van der Waals surface area contributed by atoms with E-state index in [1.165, 1.54) is 18.2 Å². The number of alkyl carbamates (subject to hydrolysis) is 2. The van der Waals surface area contributed by atoms with E-state index in [1.807, 2.05) is 60.7 Å². The zero-order chi connectivity index (χ0) is 33.4. The topological polar surface area (TPSA) is 140 Å². The molecule has 3 aromatic rings. The van der Waals surface area contributed by atoms with E-state index >= 15 is 0 Å². The molecule has 11 heteroatoms. The van der Waals surface area contributed by atoms with Gasteiger partial charge in [0, 0.05) is 24.4 Å². The number of ether oxygens (including phenoxy) is 2. The van der Waals surface area contributed by atoms with Crippen LogP contribution in [-0.2, 0) is 37.1 Å². The fourth-order valence-electron chi connectivity index (χ4n) is 4.35. The van der Waals surface area contributed by atoms with Gasteiger partial charge in [0.1, 0.15) is 18.2 Å². The van der Waals surface area contributed by atoms with Gasteiger partial charge in [-0.05, 0) is 63.3 Å². The summed E-state index contributed by atoms with van der Waals surface area (Å²) in [5.41, 5.74) is 0.998. The van der Waals surface area contributed by atoms with E-state index in [9.17, 15) is 22.8 Å². The summed E-state index contributed by atoms with van der Waals surface area (Å²) in [5, 5.41) is 9.35. The van der Waals surface area contributed by atoms with Crippen LogP contribution in [0.4, 0.5) is 9.59 Å². The normalized spacial score (nSPS) is 12.9. The third kappa shape index (κ3) is 13.6. The van der Waals surface area contributed by atoms with Gasteiger partial charge in [-0.2, -0.15) is 0 Å². The zero-order valence-electron chi connectivity index (χ0n) is 26.5. The Morgan fingerprint density at radius 1 is 0.783 bits per heavy atom. The maximum Gasteiger partial charge on any atom is 0.408 e. The molecule has 0 spiro atoms. The van der Waals surface area contributed by atoms with Crippen molar-refractivity contribution in [2.45, 2.75) is 75.6 Å². The summed E-state index contributed by atoms with van der Waals surface area (Å²) in [5.74, 6) is -0.501. The van der Waals surface area contributed by atoms with E-state index < -0.39 is 45.6 Å².